The standard InChI is InChI=1S/C23H22Cl2N4O2/c1-15(30)28-12-10-16-5-2-3-7-18(16)20(28)13-22(31)27-21-9-11-26-29(21)14-17-6-4-8-19(24)23(17)25/h2-9,11,20H,10,12-14H2,1H3,(H,27,31). The molecule has 0 aliphatic carbocycles. The normalized spacial score (nSPS) is 15.5. The van der Waals surface area contributed by atoms with Crippen LogP contribution in [0.15, 0.2) is 54.7 Å². The van der Waals surface area contributed by atoms with Gasteiger partial charge in [-0.1, -0.05) is 59.6 Å². The number of anilines is 1. The van der Waals surface area contributed by atoms with Gasteiger partial charge in [0.05, 0.1) is 35.2 Å². The van der Waals surface area contributed by atoms with Crippen LogP contribution in [0.25, 0.3) is 0 Å². The summed E-state index contributed by atoms with van der Waals surface area (Å²) < 4.78 is 1.66. The molecule has 0 fully saturated rings. The number of nitrogens with zero attached hydrogens (tertiary/aromatic N) is 3. The third kappa shape index (κ3) is 4.60. The van der Waals surface area contributed by atoms with Gasteiger partial charge >= 0.3 is 0 Å². The molecule has 1 N–H and O–H groups in total. The summed E-state index contributed by atoms with van der Waals surface area (Å²) in [5.41, 5.74) is 3.01. The molecular formula is C23H22Cl2N4O2. The number of carbonyl (C=O) groups is 2. The van der Waals surface area contributed by atoms with Crippen molar-refractivity contribution in [2.45, 2.75) is 32.4 Å². The van der Waals surface area contributed by atoms with Crippen molar-refractivity contribution in [2.24, 2.45) is 0 Å². The van der Waals surface area contributed by atoms with E-state index >= 15 is 0 Å². The van der Waals surface area contributed by atoms with Crippen molar-refractivity contribution in [3.63, 3.8) is 0 Å². The van der Waals surface area contributed by atoms with Crippen LogP contribution in [-0.4, -0.2) is 33.0 Å². The van der Waals surface area contributed by atoms with Crippen LogP contribution in [0.1, 0.15) is 36.1 Å². The van der Waals surface area contributed by atoms with E-state index in [0.717, 1.165) is 17.5 Å². The van der Waals surface area contributed by atoms with Gasteiger partial charge in [-0.3, -0.25) is 9.59 Å². The van der Waals surface area contributed by atoms with Gasteiger partial charge in [0, 0.05) is 19.5 Å². The lowest BCUT2D eigenvalue weighted by Crippen LogP contribution is -2.40. The van der Waals surface area contributed by atoms with E-state index in [-0.39, 0.29) is 24.3 Å². The van der Waals surface area contributed by atoms with E-state index in [9.17, 15) is 9.59 Å². The maximum absolute atomic E-state index is 12.9. The zero-order chi connectivity index (χ0) is 22.0. The molecule has 160 valence electrons. The minimum atomic E-state index is -0.291. The van der Waals surface area contributed by atoms with Gasteiger partial charge in [0.1, 0.15) is 5.82 Å². The second-order valence-corrected chi connectivity index (χ2v) is 8.30. The molecule has 2 amide bonds. The highest BCUT2D eigenvalue weighted by Crippen LogP contribution is 2.33. The van der Waals surface area contributed by atoms with Crippen LogP contribution < -0.4 is 5.32 Å². The summed E-state index contributed by atoms with van der Waals surface area (Å²) in [5.74, 6) is 0.333. The highest BCUT2D eigenvalue weighted by Gasteiger charge is 2.30. The maximum atomic E-state index is 12.9. The second-order valence-electron chi connectivity index (χ2n) is 7.52. The fourth-order valence-electron chi connectivity index (χ4n) is 4.01. The highest BCUT2D eigenvalue weighted by atomic mass is 35.5. The Kier molecular flexibility index (Phi) is 6.30. The minimum absolute atomic E-state index is 0.0343. The van der Waals surface area contributed by atoms with E-state index in [4.69, 9.17) is 23.2 Å². The molecule has 1 atom stereocenters. The van der Waals surface area contributed by atoms with Crippen molar-refractivity contribution in [2.75, 3.05) is 11.9 Å². The average molecular weight is 457 g/mol. The van der Waals surface area contributed by atoms with Crippen LogP contribution in [0.3, 0.4) is 0 Å². The Morgan fingerprint density at radius 1 is 1.13 bits per heavy atom. The number of hydrogen-bond donors (Lipinski definition) is 1. The number of rotatable bonds is 5. The number of aromatic nitrogens is 2. The molecule has 0 radical (unpaired) electrons. The number of carbonyl (C=O) groups excluding carboxylic acids is 2. The quantitative estimate of drug-likeness (QED) is 0.604. The van der Waals surface area contributed by atoms with Crippen molar-refractivity contribution in [1.29, 1.82) is 0 Å². The first-order chi connectivity index (χ1) is 14.9. The molecule has 0 saturated carbocycles. The lowest BCUT2D eigenvalue weighted by atomic mass is 9.90. The summed E-state index contributed by atoms with van der Waals surface area (Å²) in [7, 11) is 0. The Balaban J connectivity index is 1.51. The van der Waals surface area contributed by atoms with Gasteiger partial charge in [0.15, 0.2) is 0 Å². The van der Waals surface area contributed by atoms with E-state index in [1.165, 1.54) is 5.56 Å². The van der Waals surface area contributed by atoms with E-state index in [1.807, 2.05) is 30.3 Å². The molecule has 6 nitrogen and oxygen atoms in total. The number of fused-ring (bicyclic) bond motifs is 1. The van der Waals surface area contributed by atoms with Gasteiger partial charge in [-0.25, -0.2) is 4.68 Å². The molecule has 2 heterocycles. The van der Waals surface area contributed by atoms with Gasteiger partial charge in [-0.15, -0.1) is 0 Å². The van der Waals surface area contributed by atoms with Crippen LogP contribution in [0.4, 0.5) is 5.82 Å². The SMILES string of the molecule is CC(=O)N1CCc2ccccc2C1CC(=O)Nc1ccnn1Cc1cccc(Cl)c1Cl. The zero-order valence-electron chi connectivity index (χ0n) is 17.0. The first kappa shape index (κ1) is 21.4. The molecule has 31 heavy (non-hydrogen) atoms. The van der Waals surface area contributed by atoms with Crippen molar-refractivity contribution >= 4 is 40.8 Å². The van der Waals surface area contributed by atoms with Crippen LogP contribution in [-0.2, 0) is 22.6 Å². The second kappa shape index (κ2) is 9.12. The molecule has 8 heteroatoms. The minimum Gasteiger partial charge on any atom is -0.335 e. The Morgan fingerprint density at radius 3 is 2.74 bits per heavy atom. The molecule has 0 bridgehead atoms. The summed E-state index contributed by atoms with van der Waals surface area (Å²) >= 11 is 12.4. The number of halogens is 2. The van der Waals surface area contributed by atoms with E-state index in [0.29, 0.717) is 29.0 Å². The summed E-state index contributed by atoms with van der Waals surface area (Å²) in [6.07, 6.45) is 2.58. The average Bonchev–Trinajstić information content (AvgIpc) is 3.17. The zero-order valence-corrected chi connectivity index (χ0v) is 18.5. The van der Waals surface area contributed by atoms with E-state index in [2.05, 4.69) is 16.5 Å². The number of amides is 2. The molecule has 3 aromatic rings. The first-order valence-corrected chi connectivity index (χ1v) is 10.8. The van der Waals surface area contributed by atoms with E-state index < -0.39 is 0 Å². The van der Waals surface area contributed by atoms with Crippen molar-refractivity contribution in [3.05, 3.63) is 81.5 Å². The molecule has 2 aromatic carbocycles. The fraction of sp³-hybridized carbons (Fsp3) is 0.261. The van der Waals surface area contributed by atoms with Gasteiger partial charge in [0.25, 0.3) is 0 Å². The largest absolute Gasteiger partial charge is 0.335 e. The predicted octanol–water partition coefficient (Wildman–Crippen LogP) is 4.71. The lowest BCUT2D eigenvalue weighted by Gasteiger charge is -2.36. The fourth-order valence-corrected chi connectivity index (χ4v) is 4.39. The molecule has 1 unspecified atom stereocenters. The predicted molar refractivity (Wildman–Crippen MR) is 121 cm³/mol. The third-order valence-electron chi connectivity index (χ3n) is 5.53. The van der Waals surface area contributed by atoms with Crippen LogP contribution >= 0.6 is 23.2 Å². The monoisotopic (exact) mass is 456 g/mol. The van der Waals surface area contributed by atoms with Crippen LogP contribution in [0, 0.1) is 0 Å². The Bertz CT molecular complexity index is 1130. The topological polar surface area (TPSA) is 67.2 Å². The first-order valence-electron chi connectivity index (χ1n) is 10.0. The number of nitrogens with one attached hydrogen (secondary N) is 1. The molecule has 1 aromatic heterocycles. The smallest absolute Gasteiger partial charge is 0.227 e. The molecule has 0 spiro atoms. The molecular weight excluding hydrogens is 435 g/mol. The summed E-state index contributed by atoms with van der Waals surface area (Å²) in [5, 5.41) is 8.16. The number of hydrogen-bond acceptors (Lipinski definition) is 3. The Hall–Kier alpha value is -2.83. The molecule has 4 rings (SSSR count). The maximum Gasteiger partial charge on any atom is 0.227 e. The molecule has 1 aliphatic rings. The van der Waals surface area contributed by atoms with Crippen LogP contribution in [0.5, 0.6) is 0 Å². The van der Waals surface area contributed by atoms with Crippen molar-refractivity contribution < 1.29 is 9.59 Å². The summed E-state index contributed by atoms with van der Waals surface area (Å²) in [6.45, 7) is 2.52. The van der Waals surface area contributed by atoms with Gasteiger partial charge in [-0.05, 0) is 29.2 Å². The Morgan fingerprint density at radius 2 is 1.94 bits per heavy atom. The van der Waals surface area contributed by atoms with Gasteiger partial charge < -0.3 is 10.2 Å². The molecule has 0 saturated heterocycles. The molecule has 1 aliphatic heterocycles. The van der Waals surface area contributed by atoms with Crippen LogP contribution in [0.2, 0.25) is 10.0 Å². The Labute approximate surface area is 190 Å². The van der Waals surface area contributed by atoms with Gasteiger partial charge in [-0.2, -0.15) is 5.10 Å². The lowest BCUT2D eigenvalue weighted by molar-refractivity contribution is -0.132. The summed E-state index contributed by atoms with van der Waals surface area (Å²) in [4.78, 5) is 26.9. The summed E-state index contributed by atoms with van der Waals surface area (Å²) in [6, 6.07) is 14.8. The van der Waals surface area contributed by atoms with Crippen molar-refractivity contribution in [1.82, 2.24) is 14.7 Å². The highest BCUT2D eigenvalue weighted by molar-refractivity contribution is 6.42. The van der Waals surface area contributed by atoms with Gasteiger partial charge in [0.2, 0.25) is 11.8 Å². The number of benzene rings is 2. The van der Waals surface area contributed by atoms with E-state index in [1.54, 1.807) is 34.8 Å². The third-order valence-corrected chi connectivity index (χ3v) is 6.39. The van der Waals surface area contributed by atoms with Crippen molar-refractivity contribution in [3.8, 4) is 0 Å².